The molecule has 0 aromatic heterocycles. The van der Waals surface area contributed by atoms with Crippen LogP contribution in [0, 0.1) is 11.3 Å². The monoisotopic (exact) mass is 309 g/mol. The Labute approximate surface area is 134 Å². The number of amides is 1. The van der Waals surface area contributed by atoms with Crippen molar-refractivity contribution in [2.75, 3.05) is 40.4 Å². The molecule has 3 fully saturated rings. The van der Waals surface area contributed by atoms with Gasteiger partial charge in [-0.25, -0.2) is 0 Å². The second-order valence-electron chi connectivity index (χ2n) is 7.96. The molecule has 0 radical (unpaired) electrons. The van der Waals surface area contributed by atoms with Crippen LogP contribution >= 0.6 is 0 Å². The SMILES string of the molecule is CN(C)C1(C)CCC(NC(=O)[C@]23CNC[C@H]2CCOC3)CC1. The van der Waals surface area contributed by atoms with E-state index in [0.29, 0.717) is 18.6 Å². The van der Waals surface area contributed by atoms with E-state index in [1.54, 1.807) is 0 Å². The van der Waals surface area contributed by atoms with Gasteiger partial charge in [0.05, 0.1) is 12.0 Å². The Morgan fingerprint density at radius 3 is 2.68 bits per heavy atom. The summed E-state index contributed by atoms with van der Waals surface area (Å²) in [5, 5.41) is 6.75. The first-order chi connectivity index (χ1) is 10.5. The summed E-state index contributed by atoms with van der Waals surface area (Å²) in [6, 6.07) is 0.332. The lowest BCUT2D eigenvalue weighted by atomic mass is 9.74. The van der Waals surface area contributed by atoms with Crippen molar-refractivity contribution in [3.8, 4) is 0 Å². The van der Waals surface area contributed by atoms with Gasteiger partial charge in [0.15, 0.2) is 0 Å². The zero-order chi connectivity index (χ0) is 15.8. The maximum absolute atomic E-state index is 12.9. The molecule has 126 valence electrons. The molecule has 22 heavy (non-hydrogen) atoms. The van der Waals surface area contributed by atoms with Crippen LogP contribution in [-0.2, 0) is 9.53 Å². The molecule has 2 atom stereocenters. The predicted molar refractivity (Wildman–Crippen MR) is 86.7 cm³/mol. The van der Waals surface area contributed by atoms with Gasteiger partial charge in [0, 0.05) is 24.7 Å². The van der Waals surface area contributed by atoms with E-state index >= 15 is 0 Å². The van der Waals surface area contributed by atoms with E-state index in [1.807, 2.05) is 0 Å². The molecule has 2 N–H and O–H groups in total. The zero-order valence-electron chi connectivity index (χ0n) is 14.3. The maximum Gasteiger partial charge on any atom is 0.230 e. The van der Waals surface area contributed by atoms with Crippen LogP contribution in [0.2, 0.25) is 0 Å². The highest BCUT2D eigenvalue weighted by molar-refractivity contribution is 5.84. The normalized spacial score (nSPS) is 42.2. The Balaban J connectivity index is 1.59. The molecular weight excluding hydrogens is 278 g/mol. The first-order valence-corrected chi connectivity index (χ1v) is 8.73. The standard InChI is InChI=1S/C17H31N3O2/c1-16(20(2)3)7-4-14(5-8-16)19-15(21)17-11-18-10-13(17)6-9-22-12-17/h13-14,18H,4-12H2,1-3H3,(H,19,21)/t13-,14?,16?,17+/m1/s1. The van der Waals surface area contributed by atoms with Gasteiger partial charge in [-0.2, -0.15) is 0 Å². The van der Waals surface area contributed by atoms with Crippen molar-refractivity contribution in [3.05, 3.63) is 0 Å². The van der Waals surface area contributed by atoms with Crippen LogP contribution in [0.3, 0.4) is 0 Å². The number of ether oxygens (including phenoxy) is 1. The second-order valence-corrected chi connectivity index (χ2v) is 7.96. The minimum atomic E-state index is -0.319. The summed E-state index contributed by atoms with van der Waals surface area (Å²) in [5.74, 6) is 0.664. The summed E-state index contributed by atoms with van der Waals surface area (Å²) >= 11 is 0. The van der Waals surface area contributed by atoms with Crippen LogP contribution in [0.5, 0.6) is 0 Å². The van der Waals surface area contributed by atoms with Crippen molar-refractivity contribution >= 4 is 5.91 Å². The number of nitrogens with one attached hydrogen (secondary N) is 2. The summed E-state index contributed by atoms with van der Waals surface area (Å²) in [6.07, 6.45) is 5.46. The van der Waals surface area contributed by atoms with Gasteiger partial charge >= 0.3 is 0 Å². The molecular formula is C17H31N3O2. The Kier molecular flexibility index (Phi) is 4.49. The molecule has 3 aliphatic rings. The Bertz CT molecular complexity index is 418. The number of carbonyl (C=O) groups is 1. The van der Waals surface area contributed by atoms with Crippen LogP contribution in [0.15, 0.2) is 0 Å². The summed E-state index contributed by atoms with van der Waals surface area (Å²) in [7, 11) is 4.32. The Morgan fingerprint density at radius 1 is 1.27 bits per heavy atom. The van der Waals surface area contributed by atoms with E-state index in [1.165, 1.54) is 0 Å². The molecule has 2 aliphatic heterocycles. The molecule has 0 spiro atoms. The van der Waals surface area contributed by atoms with Crippen molar-refractivity contribution in [2.24, 2.45) is 11.3 Å². The number of hydrogen-bond donors (Lipinski definition) is 2. The zero-order valence-corrected chi connectivity index (χ0v) is 14.3. The summed E-state index contributed by atoms with van der Waals surface area (Å²) in [6.45, 7) is 5.44. The molecule has 5 nitrogen and oxygen atoms in total. The van der Waals surface area contributed by atoms with Crippen molar-refractivity contribution in [1.29, 1.82) is 0 Å². The molecule has 0 bridgehead atoms. The molecule has 0 unspecified atom stereocenters. The second kappa shape index (κ2) is 6.10. The predicted octanol–water partition coefficient (Wildman–Crippen LogP) is 0.992. The van der Waals surface area contributed by atoms with Gasteiger partial charge in [-0.1, -0.05) is 0 Å². The van der Waals surface area contributed by atoms with E-state index in [4.69, 9.17) is 4.74 Å². The third-order valence-electron chi connectivity index (χ3n) is 6.51. The quantitative estimate of drug-likeness (QED) is 0.816. The van der Waals surface area contributed by atoms with Crippen LogP contribution < -0.4 is 10.6 Å². The summed E-state index contributed by atoms with van der Waals surface area (Å²) < 4.78 is 5.65. The number of rotatable bonds is 3. The van der Waals surface area contributed by atoms with Gasteiger partial charge in [0.1, 0.15) is 0 Å². The summed E-state index contributed by atoms with van der Waals surface area (Å²) in [5.41, 5.74) is -0.0362. The van der Waals surface area contributed by atoms with Crippen molar-refractivity contribution < 1.29 is 9.53 Å². The Hall–Kier alpha value is -0.650. The fourth-order valence-corrected chi connectivity index (χ4v) is 4.33. The van der Waals surface area contributed by atoms with Crippen molar-refractivity contribution in [3.63, 3.8) is 0 Å². The summed E-state index contributed by atoms with van der Waals surface area (Å²) in [4.78, 5) is 15.3. The van der Waals surface area contributed by atoms with E-state index in [9.17, 15) is 4.79 Å². The number of nitrogens with zero attached hydrogens (tertiary/aromatic N) is 1. The highest BCUT2D eigenvalue weighted by Crippen LogP contribution is 2.39. The molecule has 1 amide bonds. The van der Waals surface area contributed by atoms with E-state index in [2.05, 4.69) is 36.6 Å². The van der Waals surface area contributed by atoms with Crippen molar-refractivity contribution in [2.45, 2.75) is 50.6 Å². The third kappa shape index (κ3) is 2.79. The van der Waals surface area contributed by atoms with Gasteiger partial charge in [-0.05, 0) is 65.6 Å². The smallest absolute Gasteiger partial charge is 0.230 e. The fraction of sp³-hybridized carbons (Fsp3) is 0.941. The molecule has 1 aliphatic carbocycles. The third-order valence-corrected chi connectivity index (χ3v) is 6.51. The maximum atomic E-state index is 12.9. The lowest BCUT2D eigenvalue weighted by Crippen LogP contribution is -2.55. The van der Waals surface area contributed by atoms with Gasteiger partial charge < -0.3 is 20.3 Å². The average Bonchev–Trinajstić information content (AvgIpc) is 2.94. The minimum Gasteiger partial charge on any atom is -0.380 e. The van der Waals surface area contributed by atoms with Crippen LogP contribution in [0.1, 0.15) is 39.0 Å². The van der Waals surface area contributed by atoms with Crippen LogP contribution in [0.25, 0.3) is 0 Å². The first-order valence-electron chi connectivity index (χ1n) is 8.73. The Morgan fingerprint density at radius 2 is 2.00 bits per heavy atom. The van der Waals surface area contributed by atoms with Gasteiger partial charge in [-0.3, -0.25) is 4.79 Å². The first kappa shape index (κ1) is 16.2. The van der Waals surface area contributed by atoms with Crippen molar-refractivity contribution in [1.82, 2.24) is 15.5 Å². The van der Waals surface area contributed by atoms with Gasteiger partial charge in [-0.15, -0.1) is 0 Å². The molecule has 5 heteroatoms. The number of fused-ring (bicyclic) bond motifs is 1. The topological polar surface area (TPSA) is 53.6 Å². The van der Waals surface area contributed by atoms with Crippen LogP contribution in [-0.4, -0.2) is 62.8 Å². The molecule has 0 aromatic carbocycles. The lowest BCUT2D eigenvalue weighted by molar-refractivity contribution is -0.142. The highest BCUT2D eigenvalue weighted by Gasteiger charge is 2.51. The van der Waals surface area contributed by atoms with E-state index in [-0.39, 0.29) is 16.9 Å². The van der Waals surface area contributed by atoms with E-state index < -0.39 is 0 Å². The fourth-order valence-electron chi connectivity index (χ4n) is 4.33. The van der Waals surface area contributed by atoms with E-state index in [0.717, 1.165) is 51.8 Å². The van der Waals surface area contributed by atoms with Gasteiger partial charge in [0.25, 0.3) is 0 Å². The minimum absolute atomic E-state index is 0.223. The van der Waals surface area contributed by atoms with Crippen LogP contribution in [0.4, 0.5) is 0 Å². The lowest BCUT2D eigenvalue weighted by Gasteiger charge is -2.44. The number of hydrogen-bond acceptors (Lipinski definition) is 4. The number of carbonyl (C=O) groups excluding carboxylic acids is 1. The molecule has 3 rings (SSSR count). The molecule has 0 aromatic rings. The molecule has 1 saturated carbocycles. The molecule has 2 saturated heterocycles. The highest BCUT2D eigenvalue weighted by atomic mass is 16.5. The molecule has 2 heterocycles. The largest absolute Gasteiger partial charge is 0.380 e. The average molecular weight is 309 g/mol. The van der Waals surface area contributed by atoms with Gasteiger partial charge in [0.2, 0.25) is 5.91 Å².